The van der Waals surface area contributed by atoms with E-state index >= 15 is 0 Å². The highest BCUT2D eigenvalue weighted by Gasteiger charge is 2.18. The minimum atomic E-state index is -3.18. The van der Waals surface area contributed by atoms with E-state index in [2.05, 4.69) is 14.8 Å². The van der Waals surface area contributed by atoms with Crippen molar-refractivity contribution in [2.24, 2.45) is 10.7 Å². The molecular formula is C19H23ClN4O2S. The van der Waals surface area contributed by atoms with Gasteiger partial charge in [0.2, 0.25) is 0 Å². The van der Waals surface area contributed by atoms with Crippen molar-refractivity contribution < 1.29 is 8.42 Å². The van der Waals surface area contributed by atoms with Gasteiger partial charge in [-0.25, -0.2) is 13.4 Å². The summed E-state index contributed by atoms with van der Waals surface area (Å²) in [6.45, 7) is 3.74. The number of nitrogens with two attached hydrogens (primary N) is 1. The number of benzene rings is 2. The molecule has 0 radical (unpaired) electrons. The second-order valence-corrected chi connectivity index (χ2v) is 8.99. The van der Waals surface area contributed by atoms with Crippen molar-refractivity contribution in [2.45, 2.75) is 11.4 Å². The van der Waals surface area contributed by atoms with E-state index in [1.165, 1.54) is 6.26 Å². The van der Waals surface area contributed by atoms with Crippen molar-refractivity contribution >= 4 is 33.1 Å². The molecule has 0 amide bonds. The molecule has 0 aliphatic carbocycles. The first-order chi connectivity index (χ1) is 12.8. The van der Waals surface area contributed by atoms with Crippen LogP contribution in [0.5, 0.6) is 0 Å². The minimum Gasteiger partial charge on any atom is -0.370 e. The third kappa shape index (κ3) is 5.14. The van der Waals surface area contributed by atoms with E-state index in [-0.39, 0.29) is 0 Å². The Hall–Kier alpha value is -2.25. The SMILES string of the molecule is CS(=O)(=O)c1ccc(CN=C(N)N2CCN(c3ccc(Cl)cc3)CC2)cc1. The number of nitrogens with zero attached hydrogens (tertiary/aromatic N) is 3. The van der Waals surface area contributed by atoms with Crippen LogP contribution >= 0.6 is 11.6 Å². The number of aliphatic imine (C=N–C) groups is 1. The van der Waals surface area contributed by atoms with Crippen LogP contribution in [0.25, 0.3) is 0 Å². The molecule has 2 aromatic carbocycles. The fourth-order valence-electron chi connectivity index (χ4n) is 2.96. The highest BCUT2D eigenvalue weighted by Crippen LogP contribution is 2.19. The first kappa shape index (κ1) is 19.5. The number of guanidine groups is 1. The van der Waals surface area contributed by atoms with Gasteiger partial charge in [0, 0.05) is 43.1 Å². The molecule has 27 heavy (non-hydrogen) atoms. The minimum absolute atomic E-state index is 0.307. The Morgan fingerprint density at radius 1 is 1.04 bits per heavy atom. The number of rotatable bonds is 4. The Morgan fingerprint density at radius 2 is 1.63 bits per heavy atom. The molecule has 144 valence electrons. The van der Waals surface area contributed by atoms with E-state index in [1.54, 1.807) is 24.3 Å². The average molecular weight is 407 g/mol. The molecule has 2 N–H and O–H groups in total. The van der Waals surface area contributed by atoms with Crippen molar-refractivity contribution in [1.82, 2.24) is 4.90 Å². The second-order valence-electron chi connectivity index (χ2n) is 6.54. The van der Waals surface area contributed by atoms with Crippen LogP contribution in [-0.4, -0.2) is 51.7 Å². The number of sulfone groups is 1. The summed E-state index contributed by atoms with van der Waals surface area (Å²) < 4.78 is 23.0. The van der Waals surface area contributed by atoms with Crippen LogP contribution in [0.2, 0.25) is 5.02 Å². The summed E-state index contributed by atoms with van der Waals surface area (Å²) in [6, 6.07) is 14.6. The topological polar surface area (TPSA) is 79.0 Å². The van der Waals surface area contributed by atoms with Crippen molar-refractivity contribution in [2.75, 3.05) is 37.3 Å². The maximum Gasteiger partial charge on any atom is 0.191 e. The molecule has 0 saturated carbocycles. The van der Waals surface area contributed by atoms with Gasteiger partial charge in [0.15, 0.2) is 15.8 Å². The summed E-state index contributed by atoms with van der Waals surface area (Å²) in [5, 5.41) is 0.735. The van der Waals surface area contributed by atoms with E-state index in [9.17, 15) is 8.42 Å². The van der Waals surface area contributed by atoms with Gasteiger partial charge in [-0.15, -0.1) is 0 Å². The van der Waals surface area contributed by atoms with Gasteiger partial charge < -0.3 is 15.5 Å². The van der Waals surface area contributed by atoms with Crippen LogP contribution in [-0.2, 0) is 16.4 Å². The Bertz CT molecular complexity index is 904. The Labute approximate surface area is 165 Å². The number of hydrogen-bond donors (Lipinski definition) is 1. The zero-order valence-corrected chi connectivity index (χ0v) is 16.7. The van der Waals surface area contributed by atoms with Crippen LogP contribution in [0.1, 0.15) is 5.56 Å². The zero-order valence-electron chi connectivity index (χ0n) is 15.2. The van der Waals surface area contributed by atoms with E-state index in [0.29, 0.717) is 17.4 Å². The third-order valence-corrected chi connectivity index (χ3v) is 5.95. The van der Waals surface area contributed by atoms with Crippen LogP contribution < -0.4 is 10.6 Å². The van der Waals surface area contributed by atoms with Crippen molar-refractivity contribution in [3.05, 3.63) is 59.1 Å². The predicted molar refractivity (Wildman–Crippen MR) is 110 cm³/mol. The summed E-state index contributed by atoms with van der Waals surface area (Å²) in [6.07, 6.45) is 1.20. The molecule has 1 aliphatic heterocycles. The summed E-state index contributed by atoms with van der Waals surface area (Å²) in [5.74, 6) is 0.512. The average Bonchev–Trinajstić information content (AvgIpc) is 2.66. The molecule has 1 saturated heterocycles. The Morgan fingerprint density at radius 3 is 2.19 bits per heavy atom. The molecule has 1 heterocycles. The van der Waals surface area contributed by atoms with Crippen LogP contribution in [0.15, 0.2) is 58.4 Å². The summed E-state index contributed by atoms with van der Waals surface area (Å²) >= 11 is 5.94. The molecule has 6 nitrogen and oxygen atoms in total. The van der Waals surface area contributed by atoms with Gasteiger partial charge in [-0.3, -0.25) is 0 Å². The molecule has 1 fully saturated rings. The lowest BCUT2D eigenvalue weighted by Gasteiger charge is -2.36. The number of anilines is 1. The lowest BCUT2D eigenvalue weighted by atomic mass is 10.2. The molecule has 2 aromatic rings. The molecule has 0 bridgehead atoms. The van der Waals surface area contributed by atoms with Gasteiger partial charge in [-0.05, 0) is 42.0 Å². The lowest BCUT2D eigenvalue weighted by Crippen LogP contribution is -2.51. The molecule has 1 aliphatic rings. The molecule has 0 unspecified atom stereocenters. The van der Waals surface area contributed by atoms with E-state index in [1.807, 2.05) is 24.3 Å². The maximum atomic E-state index is 11.5. The normalized spacial score (nSPS) is 15.9. The molecule has 0 aromatic heterocycles. The zero-order chi connectivity index (χ0) is 19.4. The van der Waals surface area contributed by atoms with Gasteiger partial charge in [0.25, 0.3) is 0 Å². The molecule has 0 atom stereocenters. The van der Waals surface area contributed by atoms with Gasteiger partial charge in [-0.1, -0.05) is 23.7 Å². The number of piperazine rings is 1. The van der Waals surface area contributed by atoms with Gasteiger partial charge in [0.1, 0.15) is 0 Å². The van der Waals surface area contributed by atoms with Gasteiger partial charge in [-0.2, -0.15) is 0 Å². The quantitative estimate of drug-likeness (QED) is 0.623. The summed E-state index contributed by atoms with van der Waals surface area (Å²) in [5.41, 5.74) is 8.22. The molecule has 0 spiro atoms. The fourth-order valence-corrected chi connectivity index (χ4v) is 3.72. The standard InChI is InChI=1S/C19H23ClN4O2S/c1-27(25,26)18-8-2-15(3-9-18)14-22-19(21)24-12-10-23(11-13-24)17-6-4-16(20)5-7-17/h2-9H,10-14H2,1H3,(H2,21,22). The fraction of sp³-hybridized carbons (Fsp3) is 0.316. The van der Waals surface area contributed by atoms with E-state index < -0.39 is 9.84 Å². The largest absolute Gasteiger partial charge is 0.370 e. The molecule has 3 rings (SSSR count). The Kier molecular flexibility index (Phi) is 5.92. The summed E-state index contributed by atoms with van der Waals surface area (Å²) in [7, 11) is -3.18. The lowest BCUT2D eigenvalue weighted by molar-refractivity contribution is 0.380. The van der Waals surface area contributed by atoms with Crippen molar-refractivity contribution in [3.63, 3.8) is 0 Å². The molecule has 8 heteroatoms. The van der Waals surface area contributed by atoms with E-state index in [0.717, 1.165) is 42.5 Å². The number of hydrogen-bond acceptors (Lipinski definition) is 4. The van der Waals surface area contributed by atoms with Crippen LogP contribution in [0, 0.1) is 0 Å². The first-order valence-corrected chi connectivity index (χ1v) is 10.9. The number of halogens is 1. The van der Waals surface area contributed by atoms with E-state index in [4.69, 9.17) is 17.3 Å². The molecular weight excluding hydrogens is 384 g/mol. The smallest absolute Gasteiger partial charge is 0.191 e. The van der Waals surface area contributed by atoms with Gasteiger partial charge in [0.05, 0.1) is 11.4 Å². The van der Waals surface area contributed by atoms with Crippen molar-refractivity contribution in [3.8, 4) is 0 Å². The van der Waals surface area contributed by atoms with Crippen molar-refractivity contribution in [1.29, 1.82) is 0 Å². The second kappa shape index (κ2) is 8.19. The monoisotopic (exact) mass is 406 g/mol. The van der Waals surface area contributed by atoms with Gasteiger partial charge >= 0.3 is 0 Å². The van der Waals surface area contributed by atoms with Crippen LogP contribution in [0.3, 0.4) is 0 Å². The highest BCUT2D eigenvalue weighted by molar-refractivity contribution is 7.90. The first-order valence-electron chi connectivity index (χ1n) is 8.67. The summed E-state index contributed by atoms with van der Waals surface area (Å²) in [4.78, 5) is 9.12. The van der Waals surface area contributed by atoms with Crippen LogP contribution in [0.4, 0.5) is 5.69 Å². The maximum absolute atomic E-state index is 11.5. The Balaban J connectivity index is 1.55. The predicted octanol–water partition coefficient (Wildman–Crippen LogP) is 2.38. The highest BCUT2D eigenvalue weighted by atomic mass is 35.5. The third-order valence-electron chi connectivity index (χ3n) is 4.57.